The SMILES string of the molecule is CCOC(=O)c1ccc(NC(=O)/C(C#N)=C/c2cc(Cl)c3c(c2)OCO3)cc1. The van der Waals surface area contributed by atoms with Crippen LogP contribution < -0.4 is 14.8 Å². The van der Waals surface area contributed by atoms with Gasteiger partial charge in [-0.2, -0.15) is 5.26 Å². The van der Waals surface area contributed by atoms with E-state index in [-0.39, 0.29) is 19.0 Å². The van der Waals surface area contributed by atoms with Crippen LogP contribution in [0, 0.1) is 11.3 Å². The zero-order valence-corrected chi connectivity index (χ0v) is 15.6. The maximum absolute atomic E-state index is 12.4. The fraction of sp³-hybridized carbons (Fsp3) is 0.150. The molecule has 3 rings (SSSR count). The molecular weight excluding hydrogens is 384 g/mol. The summed E-state index contributed by atoms with van der Waals surface area (Å²) in [7, 11) is 0. The summed E-state index contributed by atoms with van der Waals surface area (Å²) in [4.78, 5) is 24.1. The molecule has 0 fully saturated rings. The molecule has 2 aromatic carbocycles. The fourth-order valence-corrected chi connectivity index (χ4v) is 2.76. The van der Waals surface area contributed by atoms with E-state index in [1.165, 1.54) is 18.2 Å². The minimum Gasteiger partial charge on any atom is -0.462 e. The van der Waals surface area contributed by atoms with E-state index in [2.05, 4.69) is 5.32 Å². The molecule has 1 N–H and O–H groups in total. The quantitative estimate of drug-likeness (QED) is 0.467. The van der Waals surface area contributed by atoms with Gasteiger partial charge in [0.05, 0.1) is 17.2 Å². The molecule has 0 saturated heterocycles. The van der Waals surface area contributed by atoms with Crippen molar-refractivity contribution in [3.63, 3.8) is 0 Å². The van der Waals surface area contributed by atoms with Gasteiger partial charge in [0, 0.05) is 5.69 Å². The van der Waals surface area contributed by atoms with E-state index >= 15 is 0 Å². The number of rotatable bonds is 5. The summed E-state index contributed by atoms with van der Waals surface area (Å²) in [6.07, 6.45) is 1.40. The van der Waals surface area contributed by atoms with Gasteiger partial charge in [-0.05, 0) is 55.0 Å². The highest BCUT2D eigenvalue weighted by Gasteiger charge is 2.19. The first-order valence-electron chi connectivity index (χ1n) is 8.31. The molecule has 0 aliphatic carbocycles. The summed E-state index contributed by atoms with van der Waals surface area (Å²) in [6, 6.07) is 11.2. The van der Waals surface area contributed by atoms with Crippen molar-refractivity contribution in [2.24, 2.45) is 0 Å². The molecule has 0 spiro atoms. The van der Waals surface area contributed by atoms with Crippen LogP contribution in [0.5, 0.6) is 11.5 Å². The Hall–Kier alpha value is -3.50. The highest BCUT2D eigenvalue weighted by atomic mass is 35.5. The highest BCUT2D eigenvalue weighted by Crippen LogP contribution is 2.40. The van der Waals surface area contributed by atoms with Crippen LogP contribution in [0.2, 0.25) is 5.02 Å². The number of hydrogen-bond donors (Lipinski definition) is 1. The summed E-state index contributed by atoms with van der Waals surface area (Å²) in [6.45, 7) is 2.06. The third-order valence-electron chi connectivity index (χ3n) is 3.78. The molecule has 1 aliphatic rings. The van der Waals surface area contributed by atoms with Crippen molar-refractivity contribution in [3.8, 4) is 17.6 Å². The Morgan fingerprint density at radius 2 is 2.04 bits per heavy atom. The van der Waals surface area contributed by atoms with Crippen LogP contribution in [0.3, 0.4) is 0 Å². The largest absolute Gasteiger partial charge is 0.462 e. The maximum Gasteiger partial charge on any atom is 0.338 e. The van der Waals surface area contributed by atoms with E-state index in [0.29, 0.717) is 33.3 Å². The van der Waals surface area contributed by atoms with Crippen LogP contribution in [0.4, 0.5) is 5.69 Å². The second kappa shape index (κ2) is 8.46. The lowest BCUT2D eigenvalue weighted by Gasteiger charge is -2.06. The molecule has 7 nitrogen and oxygen atoms in total. The Kier molecular flexibility index (Phi) is 5.82. The van der Waals surface area contributed by atoms with Crippen molar-refractivity contribution in [2.45, 2.75) is 6.92 Å². The summed E-state index contributed by atoms with van der Waals surface area (Å²) in [5.74, 6) is -0.160. The Bertz CT molecular complexity index is 993. The zero-order valence-electron chi connectivity index (χ0n) is 14.8. The summed E-state index contributed by atoms with van der Waals surface area (Å²) in [5.41, 5.74) is 1.21. The molecule has 28 heavy (non-hydrogen) atoms. The standard InChI is InChI=1S/C20H15ClN2O5/c1-2-26-20(25)13-3-5-15(6-4-13)23-19(24)14(10-22)7-12-8-16(21)18-17(9-12)27-11-28-18/h3-9H,2,11H2,1H3,(H,23,24)/b14-7+. The average molecular weight is 399 g/mol. The Balaban J connectivity index is 1.75. The average Bonchev–Trinajstić information content (AvgIpc) is 3.16. The zero-order chi connectivity index (χ0) is 20.1. The molecule has 2 aromatic rings. The van der Waals surface area contributed by atoms with Crippen LogP contribution in [-0.4, -0.2) is 25.3 Å². The number of benzene rings is 2. The topological polar surface area (TPSA) is 97.7 Å². The van der Waals surface area contributed by atoms with E-state index < -0.39 is 11.9 Å². The summed E-state index contributed by atoms with van der Waals surface area (Å²) < 4.78 is 15.4. The molecular formula is C20H15ClN2O5. The number of carbonyl (C=O) groups is 2. The number of carbonyl (C=O) groups excluding carboxylic acids is 2. The first-order chi connectivity index (χ1) is 13.5. The number of halogens is 1. The number of anilines is 1. The lowest BCUT2D eigenvalue weighted by Crippen LogP contribution is -2.13. The molecule has 1 aliphatic heterocycles. The van der Waals surface area contributed by atoms with Gasteiger partial charge in [-0.15, -0.1) is 0 Å². The van der Waals surface area contributed by atoms with Crippen molar-refractivity contribution >= 4 is 35.2 Å². The molecule has 0 radical (unpaired) electrons. The van der Waals surface area contributed by atoms with Crippen molar-refractivity contribution in [3.05, 3.63) is 58.1 Å². The fourth-order valence-electron chi connectivity index (χ4n) is 2.49. The second-order valence-electron chi connectivity index (χ2n) is 5.66. The van der Waals surface area contributed by atoms with Crippen LogP contribution in [0.25, 0.3) is 6.08 Å². The van der Waals surface area contributed by atoms with E-state index in [1.54, 1.807) is 31.2 Å². The molecule has 0 atom stereocenters. The molecule has 1 heterocycles. The molecule has 8 heteroatoms. The number of nitriles is 1. The van der Waals surface area contributed by atoms with E-state index in [0.717, 1.165) is 0 Å². The third-order valence-corrected chi connectivity index (χ3v) is 4.06. The Morgan fingerprint density at radius 1 is 1.29 bits per heavy atom. The van der Waals surface area contributed by atoms with Crippen molar-refractivity contribution in [2.75, 3.05) is 18.7 Å². The maximum atomic E-state index is 12.4. The molecule has 0 aromatic heterocycles. The monoisotopic (exact) mass is 398 g/mol. The first kappa shape index (κ1) is 19.3. The van der Waals surface area contributed by atoms with Crippen molar-refractivity contribution in [1.82, 2.24) is 0 Å². The summed E-state index contributed by atoms with van der Waals surface area (Å²) >= 11 is 6.12. The number of hydrogen-bond acceptors (Lipinski definition) is 6. The van der Waals surface area contributed by atoms with Gasteiger partial charge in [0.2, 0.25) is 6.79 Å². The van der Waals surface area contributed by atoms with Crippen LogP contribution in [-0.2, 0) is 9.53 Å². The van der Waals surface area contributed by atoms with Crippen molar-refractivity contribution in [1.29, 1.82) is 5.26 Å². The minimum atomic E-state index is -0.597. The third kappa shape index (κ3) is 4.24. The van der Waals surface area contributed by atoms with Gasteiger partial charge in [-0.3, -0.25) is 4.79 Å². The molecule has 0 bridgehead atoms. The van der Waals surface area contributed by atoms with Gasteiger partial charge in [-0.1, -0.05) is 11.6 Å². The molecule has 0 unspecified atom stereocenters. The lowest BCUT2D eigenvalue weighted by molar-refractivity contribution is -0.112. The van der Waals surface area contributed by atoms with Gasteiger partial charge in [0.1, 0.15) is 11.6 Å². The highest BCUT2D eigenvalue weighted by molar-refractivity contribution is 6.32. The Morgan fingerprint density at radius 3 is 2.71 bits per heavy atom. The molecule has 0 saturated carbocycles. The van der Waals surface area contributed by atoms with E-state index in [1.807, 2.05) is 6.07 Å². The van der Waals surface area contributed by atoms with Gasteiger partial charge >= 0.3 is 5.97 Å². The summed E-state index contributed by atoms with van der Waals surface area (Å²) in [5, 5.41) is 12.3. The normalized spacial score (nSPS) is 12.2. The Labute approximate surface area is 166 Å². The number of amides is 1. The van der Waals surface area contributed by atoms with Gasteiger partial charge in [-0.25, -0.2) is 4.79 Å². The number of esters is 1. The number of ether oxygens (including phenoxy) is 3. The van der Waals surface area contributed by atoms with Crippen LogP contribution >= 0.6 is 11.6 Å². The lowest BCUT2D eigenvalue weighted by atomic mass is 10.1. The van der Waals surface area contributed by atoms with Crippen LogP contribution in [0.15, 0.2) is 42.0 Å². The smallest absolute Gasteiger partial charge is 0.338 e. The minimum absolute atomic E-state index is 0.0651. The van der Waals surface area contributed by atoms with Gasteiger partial charge in [0.25, 0.3) is 5.91 Å². The number of nitrogens with one attached hydrogen (secondary N) is 1. The number of nitrogens with zero attached hydrogens (tertiary/aromatic N) is 1. The van der Waals surface area contributed by atoms with E-state index in [9.17, 15) is 14.9 Å². The van der Waals surface area contributed by atoms with Gasteiger partial charge < -0.3 is 19.5 Å². The second-order valence-corrected chi connectivity index (χ2v) is 6.07. The van der Waals surface area contributed by atoms with Crippen molar-refractivity contribution < 1.29 is 23.8 Å². The molecule has 142 valence electrons. The first-order valence-corrected chi connectivity index (χ1v) is 8.69. The number of fused-ring (bicyclic) bond motifs is 1. The van der Waals surface area contributed by atoms with Crippen LogP contribution in [0.1, 0.15) is 22.8 Å². The predicted octanol–water partition coefficient (Wildman–Crippen LogP) is 3.79. The van der Waals surface area contributed by atoms with E-state index in [4.69, 9.17) is 25.8 Å². The predicted molar refractivity (Wildman–Crippen MR) is 102 cm³/mol. The van der Waals surface area contributed by atoms with Gasteiger partial charge in [0.15, 0.2) is 11.5 Å². The molecule has 1 amide bonds.